The molecule has 7 heteroatoms. The standard InChI is InChI=1S/C16H28N4O2S/c1-4-22-13(2)16-18-14(12-23-16)11-19(3)8-5-15(21)20-9-6-17-7-10-20/h12-13,17H,4-11H2,1-3H3. The van der Waals surface area contributed by atoms with E-state index in [1.807, 2.05) is 25.8 Å². The highest BCUT2D eigenvalue weighted by molar-refractivity contribution is 7.09. The van der Waals surface area contributed by atoms with Crippen molar-refractivity contribution in [2.75, 3.05) is 46.4 Å². The van der Waals surface area contributed by atoms with Crippen molar-refractivity contribution in [3.05, 3.63) is 16.1 Å². The van der Waals surface area contributed by atoms with Crippen molar-refractivity contribution in [2.45, 2.75) is 32.9 Å². The van der Waals surface area contributed by atoms with Gasteiger partial charge in [-0.1, -0.05) is 0 Å². The van der Waals surface area contributed by atoms with E-state index in [1.54, 1.807) is 11.3 Å². The van der Waals surface area contributed by atoms with Crippen molar-refractivity contribution < 1.29 is 9.53 Å². The molecule has 0 spiro atoms. The first-order valence-corrected chi connectivity index (χ1v) is 9.21. The Morgan fingerprint density at radius 2 is 2.26 bits per heavy atom. The average Bonchev–Trinajstić information content (AvgIpc) is 3.02. The van der Waals surface area contributed by atoms with Gasteiger partial charge >= 0.3 is 0 Å². The van der Waals surface area contributed by atoms with Crippen LogP contribution in [0, 0.1) is 0 Å². The van der Waals surface area contributed by atoms with Crippen LogP contribution in [-0.4, -0.2) is 67.1 Å². The predicted molar refractivity (Wildman–Crippen MR) is 92.6 cm³/mol. The number of piperazine rings is 1. The lowest BCUT2D eigenvalue weighted by atomic mass is 10.3. The van der Waals surface area contributed by atoms with Crippen LogP contribution in [0.3, 0.4) is 0 Å². The molecule has 1 aliphatic heterocycles. The maximum atomic E-state index is 12.2. The Bertz CT molecular complexity index is 488. The Kier molecular flexibility index (Phi) is 7.42. The Labute approximate surface area is 142 Å². The molecule has 1 aromatic heterocycles. The molecular formula is C16H28N4O2S. The van der Waals surface area contributed by atoms with Gasteiger partial charge in [-0.25, -0.2) is 4.98 Å². The van der Waals surface area contributed by atoms with Crippen LogP contribution < -0.4 is 5.32 Å². The van der Waals surface area contributed by atoms with Crippen LogP contribution in [0.5, 0.6) is 0 Å². The lowest BCUT2D eigenvalue weighted by Gasteiger charge is -2.28. The molecule has 1 N–H and O–H groups in total. The zero-order valence-electron chi connectivity index (χ0n) is 14.4. The Morgan fingerprint density at radius 1 is 1.52 bits per heavy atom. The van der Waals surface area contributed by atoms with E-state index in [-0.39, 0.29) is 12.0 Å². The molecule has 1 saturated heterocycles. The first kappa shape index (κ1) is 18.3. The fourth-order valence-corrected chi connectivity index (χ4v) is 3.43. The van der Waals surface area contributed by atoms with Gasteiger partial charge in [-0.05, 0) is 20.9 Å². The van der Waals surface area contributed by atoms with Crippen molar-refractivity contribution in [1.82, 2.24) is 20.1 Å². The summed E-state index contributed by atoms with van der Waals surface area (Å²) in [5, 5.41) is 6.37. The Balaban J connectivity index is 1.73. The number of hydrogen-bond acceptors (Lipinski definition) is 6. The number of nitrogens with zero attached hydrogens (tertiary/aromatic N) is 3. The quantitative estimate of drug-likeness (QED) is 0.777. The monoisotopic (exact) mass is 340 g/mol. The zero-order chi connectivity index (χ0) is 16.7. The summed E-state index contributed by atoms with van der Waals surface area (Å²) in [4.78, 5) is 20.9. The summed E-state index contributed by atoms with van der Waals surface area (Å²) in [6.07, 6.45) is 0.626. The van der Waals surface area contributed by atoms with Crippen LogP contribution in [0.1, 0.15) is 37.1 Å². The molecule has 1 aromatic rings. The summed E-state index contributed by atoms with van der Waals surface area (Å²) >= 11 is 1.64. The summed E-state index contributed by atoms with van der Waals surface area (Å²) in [6, 6.07) is 0. The van der Waals surface area contributed by atoms with E-state index < -0.39 is 0 Å². The number of nitrogens with one attached hydrogen (secondary N) is 1. The van der Waals surface area contributed by atoms with E-state index >= 15 is 0 Å². The molecule has 1 aliphatic rings. The molecule has 0 saturated carbocycles. The van der Waals surface area contributed by atoms with Crippen molar-refractivity contribution in [3.8, 4) is 0 Å². The second-order valence-electron chi connectivity index (χ2n) is 5.89. The average molecular weight is 340 g/mol. The van der Waals surface area contributed by atoms with Crippen molar-refractivity contribution in [2.24, 2.45) is 0 Å². The van der Waals surface area contributed by atoms with Gasteiger partial charge in [-0.3, -0.25) is 4.79 Å². The first-order valence-electron chi connectivity index (χ1n) is 8.33. The fourth-order valence-electron chi connectivity index (χ4n) is 2.62. The maximum Gasteiger partial charge on any atom is 0.223 e. The lowest BCUT2D eigenvalue weighted by molar-refractivity contribution is -0.132. The number of carbonyl (C=O) groups is 1. The second kappa shape index (κ2) is 9.32. The minimum atomic E-state index is 0.0540. The van der Waals surface area contributed by atoms with Crippen molar-refractivity contribution in [3.63, 3.8) is 0 Å². The summed E-state index contributed by atoms with van der Waals surface area (Å²) in [5.74, 6) is 0.252. The van der Waals surface area contributed by atoms with E-state index in [1.165, 1.54) is 0 Å². The first-order chi connectivity index (χ1) is 11.1. The number of rotatable bonds is 8. The second-order valence-corrected chi connectivity index (χ2v) is 6.78. The van der Waals surface area contributed by atoms with Crippen LogP contribution in [0.25, 0.3) is 0 Å². The van der Waals surface area contributed by atoms with Gasteiger partial charge in [0, 0.05) is 57.7 Å². The predicted octanol–water partition coefficient (Wildman–Crippen LogP) is 1.49. The van der Waals surface area contributed by atoms with Gasteiger partial charge in [0.05, 0.1) is 5.69 Å². The number of aromatic nitrogens is 1. The molecule has 130 valence electrons. The summed E-state index contributed by atoms with van der Waals surface area (Å²) in [6.45, 7) is 9.71. The highest BCUT2D eigenvalue weighted by Gasteiger charge is 2.17. The SMILES string of the molecule is CCOC(C)c1nc(CN(C)CCC(=O)N2CCNCC2)cs1. The highest BCUT2D eigenvalue weighted by atomic mass is 32.1. The molecule has 1 amide bonds. The molecule has 1 unspecified atom stereocenters. The molecule has 0 radical (unpaired) electrons. The van der Waals surface area contributed by atoms with E-state index in [9.17, 15) is 4.79 Å². The minimum Gasteiger partial charge on any atom is -0.372 e. The normalized spacial score (nSPS) is 16.8. The van der Waals surface area contributed by atoms with E-state index in [4.69, 9.17) is 4.74 Å². The van der Waals surface area contributed by atoms with E-state index in [0.717, 1.165) is 50.0 Å². The molecule has 0 aliphatic carbocycles. The Hall–Kier alpha value is -1.02. The number of ether oxygens (including phenoxy) is 1. The van der Waals surface area contributed by atoms with Gasteiger partial charge in [-0.15, -0.1) is 11.3 Å². The third-order valence-corrected chi connectivity index (χ3v) is 5.00. The Morgan fingerprint density at radius 3 is 2.96 bits per heavy atom. The molecular weight excluding hydrogens is 312 g/mol. The zero-order valence-corrected chi connectivity index (χ0v) is 15.2. The van der Waals surface area contributed by atoms with Gasteiger partial charge < -0.3 is 19.9 Å². The van der Waals surface area contributed by atoms with E-state index in [0.29, 0.717) is 13.0 Å². The smallest absolute Gasteiger partial charge is 0.223 e. The van der Waals surface area contributed by atoms with Gasteiger partial charge in [0.25, 0.3) is 0 Å². The minimum absolute atomic E-state index is 0.0540. The topological polar surface area (TPSA) is 57.7 Å². The van der Waals surface area contributed by atoms with E-state index in [2.05, 4.69) is 20.6 Å². The van der Waals surface area contributed by atoms with Crippen LogP contribution in [0.4, 0.5) is 0 Å². The molecule has 23 heavy (non-hydrogen) atoms. The third-order valence-electron chi connectivity index (χ3n) is 3.94. The van der Waals surface area contributed by atoms with Crippen LogP contribution in [0.2, 0.25) is 0 Å². The molecule has 6 nitrogen and oxygen atoms in total. The van der Waals surface area contributed by atoms with Crippen LogP contribution in [-0.2, 0) is 16.1 Å². The molecule has 2 rings (SSSR count). The number of carbonyl (C=O) groups excluding carboxylic acids is 1. The molecule has 2 heterocycles. The van der Waals surface area contributed by atoms with Gasteiger partial charge in [0.2, 0.25) is 5.91 Å². The highest BCUT2D eigenvalue weighted by Crippen LogP contribution is 2.21. The largest absolute Gasteiger partial charge is 0.372 e. The summed E-state index contributed by atoms with van der Waals surface area (Å²) in [7, 11) is 2.04. The maximum absolute atomic E-state index is 12.2. The molecule has 0 aromatic carbocycles. The fraction of sp³-hybridized carbons (Fsp3) is 0.750. The van der Waals surface area contributed by atoms with Crippen molar-refractivity contribution in [1.29, 1.82) is 0 Å². The van der Waals surface area contributed by atoms with Crippen molar-refractivity contribution >= 4 is 17.2 Å². The number of amides is 1. The third kappa shape index (κ3) is 5.84. The van der Waals surface area contributed by atoms with Crippen LogP contribution >= 0.6 is 11.3 Å². The van der Waals surface area contributed by atoms with Crippen LogP contribution in [0.15, 0.2) is 5.38 Å². The summed E-state index contributed by atoms with van der Waals surface area (Å²) < 4.78 is 5.57. The summed E-state index contributed by atoms with van der Waals surface area (Å²) in [5.41, 5.74) is 1.05. The molecule has 1 atom stereocenters. The lowest BCUT2D eigenvalue weighted by Crippen LogP contribution is -2.47. The molecule has 0 bridgehead atoms. The van der Waals surface area contributed by atoms with Gasteiger partial charge in [0.1, 0.15) is 11.1 Å². The van der Waals surface area contributed by atoms with Gasteiger partial charge in [-0.2, -0.15) is 0 Å². The number of hydrogen-bond donors (Lipinski definition) is 1. The van der Waals surface area contributed by atoms with Gasteiger partial charge in [0.15, 0.2) is 0 Å². The molecule has 1 fully saturated rings. The number of thiazole rings is 1.